The summed E-state index contributed by atoms with van der Waals surface area (Å²) in [4.78, 5) is 5.55. The number of hydrogen-bond donors (Lipinski definition) is 2. The number of nitrogens with zero attached hydrogens (tertiary/aromatic N) is 3. The molecule has 0 fully saturated rings. The standard InChI is InChI=1S/C23H28F3N3O4/c1-28(14-17-6-8-19(9-7-17)33-13-12-32-11-10-30)15-18(31)16-29-21-5-3-2-4-20(21)27-22(29)23(24,25)26/h2-9,18,30-31H,10-16H2,1H3/t18-/m0/s1. The number of alkyl halides is 3. The van der Waals surface area contributed by atoms with E-state index in [-0.39, 0.29) is 31.8 Å². The molecule has 0 radical (unpaired) electrons. The number of aromatic nitrogens is 2. The van der Waals surface area contributed by atoms with Crippen LogP contribution in [0.25, 0.3) is 11.0 Å². The molecule has 0 aliphatic heterocycles. The van der Waals surface area contributed by atoms with E-state index in [9.17, 15) is 18.3 Å². The van der Waals surface area contributed by atoms with E-state index in [0.717, 1.165) is 10.1 Å². The number of ether oxygens (including phenoxy) is 2. The molecule has 0 aliphatic carbocycles. The Kier molecular flexibility index (Phi) is 8.67. The Morgan fingerprint density at radius 1 is 1.06 bits per heavy atom. The molecule has 10 heteroatoms. The first-order chi connectivity index (χ1) is 15.8. The molecule has 1 atom stereocenters. The van der Waals surface area contributed by atoms with Crippen molar-refractivity contribution in [1.29, 1.82) is 0 Å². The second kappa shape index (κ2) is 11.5. The summed E-state index contributed by atoms with van der Waals surface area (Å²) in [5.41, 5.74) is 1.55. The summed E-state index contributed by atoms with van der Waals surface area (Å²) >= 11 is 0. The van der Waals surface area contributed by atoms with Gasteiger partial charge in [-0.25, -0.2) is 4.98 Å². The summed E-state index contributed by atoms with van der Waals surface area (Å²) in [6.45, 7) is 1.47. The van der Waals surface area contributed by atoms with Crippen LogP contribution in [0.3, 0.4) is 0 Å². The number of imidazole rings is 1. The van der Waals surface area contributed by atoms with Crippen LogP contribution in [-0.4, -0.2) is 70.8 Å². The molecular formula is C23H28F3N3O4. The van der Waals surface area contributed by atoms with Crippen LogP contribution in [0.4, 0.5) is 13.2 Å². The van der Waals surface area contributed by atoms with Crippen molar-refractivity contribution in [3.63, 3.8) is 0 Å². The van der Waals surface area contributed by atoms with E-state index in [0.29, 0.717) is 31.0 Å². The van der Waals surface area contributed by atoms with Crippen molar-refractivity contribution in [2.75, 3.05) is 40.0 Å². The summed E-state index contributed by atoms with van der Waals surface area (Å²) in [6, 6.07) is 13.8. The Morgan fingerprint density at radius 2 is 1.79 bits per heavy atom. The number of hydrogen-bond acceptors (Lipinski definition) is 6. The first-order valence-electron chi connectivity index (χ1n) is 10.6. The van der Waals surface area contributed by atoms with Crippen LogP contribution in [-0.2, 0) is 24.0 Å². The molecule has 2 aromatic carbocycles. The number of halogens is 3. The van der Waals surface area contributed by atoms with E-state index in [2.05, 4.69) is 4.98 Å². The van der Waals surface area contributed by atoms with E-state index >= 15 is 0 Å². The van der Waals surface area contributed by atoms with Crippen LogP contribution in [0, 0.1) is 0 Å². The highest BCUT2D eigenvalue weighted by atomic mass is 19.4. The zero-order valence-electron chi connectivity index (χ0n) is 18.3. The minimum Gasteiger partial charge on any atom is -0.491 e. The average molecular weight is 467 g/mol. The summed E-state index contributed by atoms with van der Waals surface area (Å²) in [5, 5.41) is 19.2. The van der Waals surface area contributed by atoms with Gasteiger partial charge in [-0.05, 0) is 36.9 Å². The molecule has 7 nitrogen and oxygen atoms in total. The van der Waals surface area contributed by atoms with E-state index in [1.54, 1.807) is 25.2 Å². The topological polar surface area (TPSA) is 80.0 Å². The fourth-order valence-electron chi connectivity index (χ4n) is 3.56. The predicted octanol–water partition coefficient (Wildman–Crippen LogP) is 2.94. The van der Waals surface area contributed by atoms with Crippen molar-refractivity contribution in [2.45, 2.75) is 25.4 Å². The maximum absolute atomic E-state index is 13.4. The lowest BCUT2D eigenvalue weighted by molar-refractivity contribution is -0.147. The first-order valence-corrected chi connectivity index (χ1v) is 10.6. The molecule has 3 rings (SSSR count). The number of likely N-dealkylation sites (N-methyl/N-ethyl adjacent to an activating group) is 1. The van der Waals surface area contributed by atoms with Gasteiger partial charge in [0.05, 0.1) is 43.5 Å². The lowest BCUT2D eigenvalue weighted by Crippen LogP contribution is -2.32. The maximum atomic E-state index is 13.4. The largest absolute Gasteiger partial charge is 0.491 e. The van der Waals surface area contributed by atoms with Crippen molar-refractivity contribution in [3.05, 3.63) is 59.9 Å². The third-order valence-corrected chi connectivity index (χ3v) is 4.93. The summed E-state index contributed by atoms with van der Waals surface area (Å²) < 4.78 is 52.1. The van der Waals surface area contributed by atoms with Crippen LogP contribution in [0.5, 0.6) is 5.75 Å². The van der Waals surface area contributed by atoms with Gasteiger partial charge in [-0.2, -0.15) is 13.2 Å². The van der Waals surface area contributed by atoms with E-state index in [1.807, 2.05) is 29.2 Å². The van der Waals surface area contributed by atoms with E-state index < -0.39 is 18.1 Å². The Labute approximate surface area is 190 Å². The summed E-state index contributed by atoms with van der Waals surface area (Å²) in [6.07, 6.45) is -5.63. The van der Waals surface area contributed by atoms with E-state index in [4.69, 9.17) is 14.6 Å². The van der Waals surface area contributed by atoms with Gasteiger partial charge in [-0.1, -0.05) is 24.3 Å². The van der Waals surface area contributed by atoms with Crippen LogP contribution in [0.15, 0.2) is 48.5 Å². The number of fused-ring (bicyclic) bond motifs is 1. The van der Waals surface area contributed by atoms with Gasteiger partial charge in [-0.3, -0.25) is 4.90 Å². The fourth-order valence-corrected chi connectivity index (χ4v) is 3.56. The van der Waals surface area contributed by atoms with Gasteiger partial charge in [0.1, 0.15) is 12.4 Å². The zero-order chi connectivity index (χ0) is 23.8. The molecule has 0 spiro atoms. The van der Waals surface area contributed by atoms with Crippen LogP contribution < -0.4 is 4.74 Å². The average Bonchev–Trinajstić information content (AvgIpc) is 3.13. The third-order valence-electron chi connectivity index (χ3n) is 4.93. The highest BCUT2D eigenvalue weighted by Crippen LogP contribution is 2.31. The number of para-hydroxylation sites is 2. The Morgan fingerprint density at radius 3 is 2.48 bits per heavy atom. The molecule has 3 aromatic rings. The number of benzene rings is 2. The number of aliphatic hydroxyl groups is 2. The second-order valence-electron chi connectivity index (χ2n) is 7.71. The second-order valence-corrected chi connectivity index (χ2v) is 7.71. The lowest BCUT2D eigenvalue weighted by Gasteiger charge is -2.22. The molecule has 2 N–H and O–H groups in total. The monoisotopic (exact) mass is 467 g/mol. The molecule has 0 amide bonds. The molecule has 33 heavy (non-hydrogen) atoms. The smallest absolute Gasteiger partial charge is 0.449 e. The number of rotatable bonds is 12. The Balaban J connectivity index is 1.55. The van der Waals surface area contributed by atoms with Crippen molar-refractivity contribution in [2.24, 2.45) is 0 Å². The molecular weight excluding hydrogens is 439 g/mol. The molecule has 180 valence electrons. The van der Waals surface area contributed by atoms with Crippen molar-refractivity contribution < 1.29 is 32.9 Å². The molecule has 0 saturated carbocycles. The van der Waals surface area contributed by atoms with Crippen molar-refractivity contribution >= 4 is 11.0 Å². The van der Waals surface area contributed by atoms with Crippen LogP contribution in [0.2, 0.25) is 0 Å². The minimum absolute atomic E-state index is 0.0285. The predicted molar refractivity (Wildman–Crippen MR) is 117 cm³/mol. The quantitative estimate of drug-likeness (QED) is 0.399. The highest BCUT2D eigenvalue weighted by Gasteiger charge is 2.38. The normalized spacial score (nSPS) is 13.1. The SMILES string of the molecule is CN(Cc1ccc(OCCOCCO)cc1)C[C@H](O)Cn1c(C(F)(F)F)nc2ccccc21. The van der Waals surface area contributed by atoms with E-state index in [1.165, 1.54) is 6.07 Å². The van der Waals surface area contributed by atoms with Gasteiger partial charge in [0.15, 0.2) is 0 Å². The van der Waals surface area contributed by atoms with Gasteiger partial charge in [0, 0.05) is 13.1 Å². The van der Waals surface area contributed by atoms with Gasteiger partial charge in [0.2, 0.25) is 5.82 Å². The Hall–Kier alpha value is -2.66. The lowest BCUT2D eigenvalue weighted by atomic mass is 10.2. The van der Waals surface area contributed by atoms with Gasteiger partial charge >= 0.3 is 6.18 Å². The molecule has 0 aliphatic rings. The molecule has 1 heterocycles. The molecule has 0 bridgehead atoms. The summed E-state index contributed by atoms with van der Waals surface area (Å²) in [7, 11) is 1.79. The number of aliphatic hydroxyl groups excluding tert-OH is 2. The van der Waals surface area contributed by atoms with Crippen LogP contribution >= 0.6 is 0 Å². The molecule has 0 unspecified atom stereocenters. The molecule has 0 saturated heterocycles. The fraction of sp³-hybridized carbons (Fsp3) is 0.435. The highest BCUT2D eigenvalue weighted by molar-refractivity contribution is 5.76. The van der Waals surface area contributed by atoms with Crippen molar-refractivity contribution in [3.8, 4) is 5.75 Å². The zero-order valence-corrected chi connectivity index (χ0v) is 18.3. The third kappa shape index (κ3) is 7.16. The van der Waals surface area contributed by atoms with Gasteiger partial charge < -0.3 is 24.3 Å². The maximum Gasteiger partial charge on any atom is 0.449 e. The van der Waals surface area contributed by atoms with Gasteiger partial charge in [-0.15, -0.1) is 0 Å². The summed E-state index contributed by atoms with van der Waals surface area (Å²) in [5.74, 6) is -0.330. The van der Waals surface area contributed by atoms with Crippen LogP contribution in [0.1, 0.15) is 11.4 Å². The van der Waals surface area contributed by atoms with Gasteiger partial charge in [0.25, 0.3) is 0 Å². The minimum atomic E-state index is -4.61. The first kappa shape index (κ1) is 25.0. The molecule has 1 aromatic heterocycles. The Bertz CT molecular complexity index is 1010. The van der Waals surface area contributed by atoms with Crippen molar-refractivity contribution in [1.82, 2.24) is 14.5 Å².